The number of thiocarbonyl (C=S) groups is 1. The highest BCUT2D eigenvalue weighted by atomic mass is 32.2. The zero-order valence-corrected chi connectivity index (χ0v) is 16.5. The van der Waals surface area contributed by atoms with Crippen LogP contribution in [0.3, 0.4) is 0 Å². The largest absolute Gasteiger partial charge is 0.354 e. The van der Waals surface area contributed by atoms with Crippen LogP contribution < -0.4 is 5.32 Å². The Bertz CT molecular complexity index is 809. The molecule has 0 aliphatic carbocycles. The van der Waals surface area contributed by atoms with E-state index < -0.39 is 0 Å². The van der Waals surface area contributed by atoms with Gasteiger partial charge in [0, 0.05) is 25.7 Å². The molecule has 0 radical (unpaired) electrons. The standard InChI is InChI=1S/C16H17N5O2S3/c1-20-14(11-5-3-2-4-6-11)18-19-15(20)25-9-12(22)17-7-8-21-13(23)10-26-16(21)24/h2-6H,7-10H2,1H3,(H,17,22). The molecule has 2 aromatic rings. The van der Waals surface area contributed by atoms with Gasteiger partial charge in [-0.2, -0.15) is 0 Å². The van der Waals surface area contributed by atoms with Crippen molar-refractivity contribution >= 4 is 51.9 Å². The number of rotatable bonds is 7. The molecule has 1 aliphatic heterocycles. The summed E-state index contributed by atoms with van der Waals surface area (Å²) in [6.07, 6.45) is 0. The molecule has 0 spiro atoms. The van der Waals surface area contributed by atoms with E-state index in [0.29, 0.717) is 28.3 Å². The minimum Gasteiger partial charge on any atom is -0.354 e. The van der Waals surface area contributed by atoms with Gasteiger partial charge in [0.15, 0.2) is 11.0 Å². The summed E-state index contributed by atoms with van der Waals surface area (Å²) in [7, 11) is 1.88. The van der Waals surface area contributed by atoms with Gasteiger partial charge >= 0.3 is 0 Å². The molecule has 0 bridgehead atoms. The summed E-state index contributed by atoms with van der Waals surface area (Å²) in [5.41, 5.74) is 0.975. The molecule has 2 amide bonds. The summed E-state index contributed by atoms with van der Waals surface area (Å²) < 4.78 is 2.44. The van der Waals surface area contributed by atoms with Crippen LogP contribution in [0.1, 0.15) is 0 Å². The summed E-state index contributed by atoms with van der Waals surface area (Å²) in [5.74, 6) is 1.25. The third-order valence-electron chi connectivity index (χ3n) is 3.70. The first-order chi connectivity index (χ1) is 12.6. The van der Waals surface area contributed by atoms with Crippen molar-refractivity contribution in [2.24, 2.45) is 7.05 Å². The van der Waals surface area contributed by atoms with E-state index in [9.17, 15) is 9.59 Å². The van der Waals surface area contributed by atoms with Gasteiger partial charge in [-0.05, 0) is 0 Å². The number of thioether (sulfide) groups is 2. The van der Waals surface area contributed by atoms with Gasteiger partial charge in [0.2, 0.25) is 11.8 Å². The Morgan fingerprint density at radius 1 is 1.35 bits per heavy atom. The lowest BCUT2D eigenvalue weighted by molar-refractivity contribution is -0.124. The molecule has 0 atom stereocenters. The second-order valence-electron chi connectivity index (χ2n) is 5.47. The van der Waals surface area contributed by atoms with Crippen LogP contribution in [0.25, 0.3) is 11.4 Å². The molecule has 7 nitrogen and oxygen atoms in total. The van der Waals surface area contributed by atoms with Crippen LogP contribution >= 0.6 is 35.7 Å². The van der Waals surface area contributed by atoms with E-state index >= 15 is 0 Å². The summed E-state index contributed by atoms with van der Waals surface area (Å²) in [4.78, 5) is 25.2. The molecule has 1 N–H and O–H groups in total. The van der Waals surface area contributed by atoms with Crippen molar-refractivity contribution in [2.45, 2.75) is 5.16 Å². The number of carbonyl (C=O) groups excluding carboxylic acids is 2. The van der Waals surface area contributed by atoms with Gasteiger partial charge in [0.05, 0.1) is 11.5 Å². The van der Waals surface area contributed by atoms with E-state index in [-0.39, 0.29) is 17.6 Å². The molecule has 2 heterocycles. The number of benzene rings is 1. The van der Waals surface area contributed by atoms with Crippen LogP contribution in [0, 0.1) is 0 Å². The number of carbonyl (C=O) groups is 2. The van der Waals surface area contributed by atoms with Gasteiger partial charge in [-0.3, -0.25) is 14.5 Å². The van der Waals surface area contributed by atoms with Crippen LogP contribution in [-0.2, 0) is 16.6 Å². The Morgan fingerprint density at radius 3 is 2.81 bits per heavy atom. The summed E-state index contributed by atoms with van der Waals surface area (Å²) in [6, 6.07) is 9.77. The maximum Gasteiger partial charge on any atom is 0.238 e. The number of hydrogen-bond acceptors (Lipinski definition) is 7. The lowest BCUT2D eigenvalue weighted by atomic mass is 10.2. The van der Waals surface area contributed by atoms with E-state index in [1.807, 2.05) is 41.9 Å². The third kappa shape index (κ3) is 4.43. The van der Waals surface area contributed by atoms with E-state index in [1.165, 1.54) is 28.4 Å². The van der Waals surface area contributed by atoms with Gasteiger partial charge in [0.25, 0.3) is 0 Å². The smallest absolute Gasteiger partial charge is 0.238 e. The molecule has 0 unspecified atom stereocenters. The zero-order valence-electron chi connectivity index (χ0n) is 14.0. The number of nitrogens with zero attached hydrogens (tertiary/aromatic N) is 4. The molecule has 136 valence electrons. The Labute approximate surface area is 164 Å². The van der Waals surface area contributed by atoms with Crippen molar-refractivity contribution in [1.82, 2.24) is 25.0 Å². The predicted octanol–water partition coefficient (Wildman–Crippen LogP) is 1.55. The van der Waals surface area contributed by atoms with Crippen LogP contribution in [-0.4, -0.2) is 60.4 Å². The Balaban J connectivity index is 1.47. The molecular weight excluding hydrogens is 390 g/mol. The van der Waals surface area contributed by atoms with E-state index in [4.69, 9.17) is 12.2 Å². The lowest BCUT2D eigenvalue weighted by Crippen LogP contribution is -2.37. The molecule has 1 aromatic heterocycles. The number of amides is 2. The van der Waals surface area contributed by atoms with E-state index in [1.54, 1.807) is 0 Å². The topological polar surface area (TPSA) is 80.1 Å². The highest BCUT2D eigenvalue weighted by Gasteiger charge is 2.25. The molecule has 0 saturated carbocycles. The quantitative estimate of drug-likeness (QED) is 0.551. The molecule has 3 rings (SSSR count). The second-order valence-corrected chi connectivity index (χ2v) is 8.02. The minimum atomic E-state index is -0.121. The van der Waals surface area contributed by atoms with Crippen molar-refractivity contribution < 1.29 is 9.59 Å². The zero-order chi connectivity index (χ0) is 18.5. The molecule has 1 saturated heterocycles. The fraction of sp³-hybridized carbons (Fsp3) is 0.312. The molecule has 1 fully saturated rings. The van der Waals surface area contributed by atoms with Crippen LogP contribution in [0.2, 0.25) is 0 Å². The fourth-order valence-corrected chi connectivity index (χ4v) is 4.23. The SMILES string of the molecule is Cn1c(SCC(=O)NCCN2C(=O)CSC2=S)nnc1-c1ccccc1. The molecule has 1 aliphatic rings. The Hall–Kier alpha value is -1.91. The van der Waals surface area contributed by atoms with Crippen molar-refractivity contribution in [3.05, 3.63) is 30.3 Å². The maximum atomic E-state index is 12.0. The summed E-state index contributed by atoms with van der Waals surface area (Å²) in [6.45, 7) is 0.781. The molecular formula is C16H17N5O2S3. The van der Waals surface area contributed by atoms with E-state index in [0.717, 1.165) is 11.4 Å². The van der Waals surface area contributed by atoms with E-state index in [2.05, 4.69) is 15.5 Å². The first-order valence-corrected chi connectivity index (χ1v) is 10.3. The maximum absolute atomic E-state index is 12.0. The first-order valence-electron chi connectivity index (χ1n) is 7.87. The lowest BCUT2D eigenvalue weighted by Gasteiger charge is -2.14. The first kappa shape index (κ1) is 18.9. The van der Waals surface area contributed by atoms with Crippen molar-refractivity contribution in [3.63, 3.8) is 0 Å². The number of aromatic nitrogens is 3. The predicted molar refractivity (Wildman–Crippen MR) is 107 cm³/mol. The highest BCUT2D eigenvalue weighted by Crippen LogP contribution is 2.22. The average molecular weight is 408 g/mol. The molecule has 10 heteroatoms. The molecule has 1 aromatic carbocycles. The van der Waals surface area contributed by atoms with Gasteiger partial charge < -0.3 is 9.88 Å². The monoisotopic (exact) mass is 407 g/mol. The normalized spacial score (nSPS) is 14.1. The van der Waals surface area contributed by atoms with Gasteiger partial charge in [-0.1, -0.05) is 66.1 Å². The van der Waals surface area contributed by atoms with Crippen molar-refractivity contribution in [3.8, 4) is 11.4 Å². The van der Waals surface area contributed by atoms with Gasteiger partial charge in [-0.25, -0.2) is 0 Å². The van der Waals surface area contributed by atoms with Crippen LogP contribution in [0.15, 0.2) is 35.5 Å². The van der Waals surface area contributed by atoms with Crippen LogP contribution in [0.4, 0.5) is 0 Å². The molecule has 26 heavy (non-hydrogen) atoms. The fourth-order valence-electron chi connectivity index (χ4n) is 2.36. The highest BCUT2D eigenvalue weighted by molar-refractivity contribution is 8.23. The van der Waals surface area contributed by atoms with Crippen LogP contribution in [0.5, 0.6) is 0 Å². The minimum absolute atomic E-state index is 0.00356. The average Bonchev–Trinajstić information content (AvgIpc) is 3.17. The second kappa shape index (κ2) is 8.65. The number of nitrogens with one attached hydrogen (secondary N) is 1. The Kier molecular flexibility index (Phi) is 6.28. The van der Waals surface area contributed by atoms with Gasteiger partial charge in [-0.15, -0.1) is 10.2 Å². The third-order valence-corrected chi connectivity index (χ3v) is 6.15. The summed E-state index contributed by atoms with van der Waals surface area (Å²) in [5, 5.41) is 11.8. The van der Waals surface area contributed by atoms with Crippen molar-refractivity contribution in [1.29, 1.82) is 0 Å². The van der Waals surface area contributed by atoms with Crippen molar-refractivity contribution in [2.75, 3.05) is 24.6 Å². The van der Waals surface area contributed by atoms with Gasteiger partial charge in [0.1, 0.15) is 4.32 Å². The summed E-state index contributed by atoms with van der Waals surface area (Å²) >= 11 is 7.78. The number of hydrogen-bond donors (Lipinski definition) is 1. The Morgan fingerprint density at radius 2 is 2.12 bits per heavy atom.